The molecule has 1 aliphatic heterocycles. The highest BCUT2D eigenvalue weighted by Gasteiger charge is 2.26. The Morgan fingerprint density at radius 2 is 1.42 bits per heavy atom. The average molecular weight is 250 g/mol. The van der Waals surface area contributed by atoms with Gasteiger partial charge in [-0.3, -0.25) is 0 Å². The van der Waals surface area contributed by atoms with Crippen molar-refractivity contribution in [3.63, 3.8) is 0 Å². The highest BCUT2D eigenvalue weighted by atomic mass is 14.9. The fourth-order valence-corrected chi connectivity index (χ4v) is 3.03. The number of hydrogen-bond acceptors (Lipinski definition) is 1. The van der Waals surface area contributed by atoms with E-state index in [1.54, 1.807) is 0 Å². The zero-order valence-corrected chi connectivity index (χ0v) is 11.1. The molecule has 0 amide bonds. The summed E-state index contributed by atoms with van der Waals surface area (Å²) in [5.41, 5.74) is 2.86. The van der Waals surface area contributed by atoms with Crippen LogP contribution >= 0.6 is 0 Å². The predicted molar refractivity (Wildman–Crippen MR) is 80.0 cm³/mol. The molecule has 1 atom stereocenters. The maximum atomic E-state index is 3.42. The van der Waals surface area contributed by atoms with Gasteiger partial charge in [-0.1, -0.05) is 60.7 Å². The Morgan fingerprint density at radius 1 is 0.842 bits per heavy atom. The van der Waals surface area contributed by atoms with Gasteiger partial charge in [-0.25, -0.2) is 0 Å². The third kappa shape index (κ3) is 2.87. The third-order valence-corrected chi connectivity index (χ3v) is 3.96. The fraction of sp³-hybridized carbons (Fsp3) is 0.278. The molecule has 1 radical (unpaired) electrons. The largest absolute Gasteiger partial charge is 0.316 e. The summed E-state index contributed by atoms with van der Waals surface area (Å²) in [7, 11) is 0. The average Bonchev–Trinajstić information content (AvgIpc) is 2.51. The van der Waals surface area contributed by atoms with Gasteiger partial charge in [0.2, 0.25) is 0 Å². The molecule has 1 unspecified atom stereocenters. The monoisotopic (exact) mass is 250 g/mol. The Morgan fingerprint density at radius 3 is 1.89 bits per heavy atom. The molecule has 0 spiro atoms. The highest BCUT2D eigenvalue weighted by molar-refractivity contribution is 5.34. The van der Waals surface area contributed by atoms with E-state index < -0.39 is 0 Å². The van der Waals surface area contributed by atoms with Gasteiger partial charge in [-0.05, 0) is 43.0 Å². The molecule has 1 heteroatoms. The number of rotatable bonds is 3. The predicted octanol–water partition coefficient (Wildman–Crippen LogP) is 3.63. The van der Waals surface area contributed by atoms with Crippen LogP contribution in [0.3, 0.4) is 0 Å². The minimum atomic E-state index is 0.490. The summed E-state index contributed by atoms with van der Waals surface area (Å²) in [5, 5.41) is 3.42. The van der Waals surface area contributed by atoms with Crippen LogP contribution in [0.1, 0.15) is 23.5 Å². The zero-order valence-electron chi connectivity index (χ0n) is 11.1. The van der Waals surface area contributed by atoms with Crippen LogP contribution in [-0.2, 0) is 0 Å². The number of benzene rings is 2. The lowest BCUT2D eigenvalue weighted by Gasteiger charge is -2.31. The Balaban J connectivity index is 1.96. The van der Waals surface area contributed by atoms with E-state index in [1.165, 1.54) is 17.5 Å². The van der Waals surface area contributed by atoms with E-state index in [9.17, 15) is 0 Å². The smallest absolute Gasteiger partial charge is 0.0121 e. The van der Waals surface area contributed by atoms with E-state index in [4.69, 9.17) is 0 Å². The van der Waals surface area contributed by atoms with Gasteiger partial charge in [0.15, 0.2) is 0 Å². The first-order valence-corrected chi connectivity index (χ1v) is 7.09. The third-order valence-electron chi connectivity index (χ3n) is 3.96. The molecule has 97 valence electrons. The van der Waals surface area contributed by atoms with Crippen molar-refractivity contribution in [1.29, 1.82) is 0 Å². The highest BCUT2D eigenvalue weighted by Crippen LogP contribution is 2.36. The molecule has 0 aromatic heterocycles. The van der Waals surface area contributed by atoms with E-state index in [0.717, 1.165) is 13.1 Å². The Hall–Kier alpha value is -1.60. The van der Waals surface area contributed by atoms with Gasteiger partial charge in [0, 0.05) is 5.92 Å². The van der Waals surface area contributed by atoms with Gasteiger partial charge in [-0.2, -0.15) is 0 Å². The summed E-state index contributed by atoms with van der Waals surface area (Å²) < 4.78 is 0. The van der Waals surface area contributed by atoms with Gasteiger partial charge in [-0.15, -0.1) is 0 Å². The Kier molecular flexibility index (Phi) is 3.95. The van der Waals surface area contributed by atoms with Crippen molar-refractivity contribution in [2.75, 3.05) is 13.1 Å². The Labute approximate surface area is 115 Å². The molecule has 1 saturated heterocycles. The van der Waals surface area contributed by atoms with Crippen molar-refractivity contribution in [2.24, 2.45) is 5.92 Å². The number of hydrogen-bond donors (Lipinski definition) is 1. The van der Waals surface area contributed by atoms with E-state index in [0.29, 0.717) is 11.8 Å². The van der Waals surface area contributed by atoms with Crippen LogP contribution in [-0.4, -0.2) is 13.1 Å². The van der Waals surface area contributed by atoms with Crippen molar-refractivity contribution in [2.45, 2.75) is 12.3 Å². The molecule has 0 saturated carbocycles. The minimum Gasteiger partial charge on any atom is -0.316 e. The molecular weight excluding hydrogens is 230 g/mol. The van der Waals surface area contributed by atoms with Crippen LogP contribution in [0.25, 0.3) is 0 Å². The summed E-state index contributed by atoms with van der Waals surface area (Å²) in [5.74, 6) is 1.12. The van der Waals surface area contributed by atoms with Gasteiger partial charge < -0.3 is 5.32 Å². The first kappa shape index (κ1) is 12.4. The van der Waals surface area contributed by atoms with Crippen molar-refractivity contribution < 1.29 is 0 Å². The van der Waals surface area contributed by atoms with Crippen LogP contribution < -0.4 is 5.32 Å². The van der Waals surface area contributed by atoms with Crippen LogP contribution in [0.2, 0.25) is 0 Å². The lowest BCUT2D eigenvalue weighted by atomic mass is 9.76. The first-order valence-electron chi connectivity index (χ1n) is 7.09. The summed E-state index contributed by atoms with van der Waals surface area (Å²) in [6, 6.07) is 21.8. The molecule has 3 rings (SSSR count). The van der Waals surface area contributed by atoms with Crippen LogP contribution in [0.5, 0.6) is 0 Å². The van der Waals surface area contributed by atoms with E-state index >= 15 is 0 Å². The number of piperidine rings is 1. The molecule has 1 heterocycles. The second-order valence-electron chi connectivity index (χ2n) is 5.19. The van der Waals surface area contributed by atoms with Gasteiger partial charge >= 0.3 is 0 Å². The van der Waals surface area contributed by atoms with Crippen LogP contribution in [0.15, 0.2) is 60.7 Å². The van der Waals surface area contributed by atoms with E-state index in [-0.39, 0.29) is 0 Å². The van der Waals surface area contributed by atoms with Gasteiger partial charge in [0.25, 0.3) is 0 Å². The molecule has 1 N–H and O–H groups in total. The van der Waals surface area contributed by atoms with Gasteiger partial charge in [0.1, 0.15) is 0 Å². The van der Waals surface area contributed by atoms with Crippen molar-refractivity contribution >= 4 is 0 Å². The molecule has 1 aliphatic rings. The summed E-state index contributed by atoms with van der Waals surface area (Å²) in [6.07, 6.45) is 3.66. The minimum absolute atomic E-state index is 0.490. The lowest BCUT2D eigenvalue weighted by Crippen LogP contribution is -2.31. The quantitative estimate of drug-likeness (QED) is 0.877. The second-order valence-corrected chi connectivity index (χ2v) is 5.19. The maximum Gasteiger partial charge on any atom is 0.0121 e. The molecular formula is C18H20N. The molecule has 2 aromatic carbocycles. The molecule has 0 bridgehead atoms. The number of nitrogens with one attached hydrogen (secondary N) is 1. The van der Waals surface area contributed by atoms with Crippen LogP contribution in [0.4, 0.5) is 0 Å². The fourth-order valence-electron chi connectivity index (χ4n) is 3.03. The molecule has 1 nitrogen and oxygen atoms in total. The van der Waals surface area contributed by atoms with Crippen molar-refractivity contribution in [3.8, 4) is 0 Å². The zero-order chi connectivity index (χ0) is 12.9. The standard InChI is InChI=1S/C18H20N/c1-3-7-15(8-4-1)18(16-9-5-2-6-10-16)17-11-13-19-14-12-17/h1-11,17-19H,12-14H2. The summed E-state index contributed by atoms with van der Waals surface area (Å²) >= 11 is 0. The van der Waals surface area contributed by atoms with E-state index in [2.05, 4.69) is 72.4 Å². The molecule has 1 fully saturated rings. The summed E-state index contributed by atoms with van der Waals surface area (Å²) in [6.45, 7) is 2.15. The SMILES string of the molecule is [CH]1CNCCC1C(c1ccccc1)c1ccccc1. The van der Waals surface area contributed by atoms with Crippen LogP contribution in [0, 0.1) is 12.3 Å². The second kappa shape index (κ2) is 6.03. The van der Waals surface area contributed by atoms with Gasteiger partial charge in [0.05, 0.1) is 0 Å². The molecule has 0 aliphatic carbocycles. The Bertz CT molecular complexity index is 446. The van der Waals surface area contributed by atoms with Crippen molar-refractivity contribution in [3.05, 3.63) is 78.2 Å². The topological polar surface area (TPSA) is 12.0 Å². The maximum absolute atomic E-state index is 3.42. The normalized spacial score (nSPS) is 16.7. The lowest BCUT2D eigenvalue weighted by molar-refractivity contribution is 0.421. The van der Waals surface area contributed by atoms with Crippen molar-refractivity contribution in [1.82, 2.24) is 5.32 Å². The molecule has 2 aromatic rings. The summed E-state index contributed by atoms with van der Waals surface area (Å²) in [4.78, 5) is 0. The van der Waals surface area contributed by atoms with E-state index in [1.807, 2.05) is 0 Å². The molecule has 19 heavy (non-hydrogen) atoms. The first-order chi connectivity index (χ1) is 9.45.